The van der Waals surface area contributed by atoms with Crippen LogP contribution in [-0.2, 0) is 6.54 Å². The summed E-state index contributed by atoms with van der Waals surface area (Å²) in [5.74, 6) is 0. The van der Waals surface area contributed by atoms with Crippen LogP contribution < -0.4 is 10.6 Å². The Bertz CT molecular complexity index is 815. The van der Waals surface area contributed by atoms with Gasteiger partial charge in [-0.3, -0.25) is 0 Å². The summed E-state index contributed by atoms with van der Waals surface area (Å²) in [4.78, 5) is 6.29. The number of nitrogens with zero attached hydrogens (tertiary/aromatic N) is 3. The van der Waals surface area contributed by atoms with Gasteiger partial charge in [0, 0.05) is 36.6 Å². The first-order valence-corrected chi connectivity index (χ1v) is 7.49. The van der Waals surface area contributed by atoms with E-state index in [4.69, 9.17) is 5.73 Å². The molecule has 3 aromatic rings. The van der Waals surface area contributed by atoms with Gasteiger partial charge in [-0.25, -0.2) is 4.98 Å². The highest BCUT2D eigenvalue weighted by Gasteiger charge is 2.27. The van der Waals surface area contributed by atoms with Gasteiger partial charge in [-0.05, 0) is 17.0 Å². The molecule has 4 heteroatoms. The molecule has 1 aliphatic rings. The molecule has 110 valence electrons. The summed E-state index contributed by atoms with van der Waals surface area (Å²) in [6.45, 7) is 1.64. The first-order valence-electron chi connectivity index (χ1n) is 7.49. The van der Waals surface area contributed by atoms with Crippen LogP contribution in [-0.4, -0.2) is 16.1 Å². The van der Waals surface area contributed by atoms with Crippen LogP contribution >= 0.6 is 0 Å². The highest BCUT2D eigenvalue weighted by molar-refractivity contribution is 6.00. The van der Waals surface area contributed by atoms with Crippen molar-refractivity contribution >= 4 is 16.5 Å². The maximum absolute atomic E-state index is 6.44. The summed E-state index contributed by atoms with van der Waals surface area (Å²) in [6, 6.07) is 12.8. The SMILES string of the molecule is NC1c2cccc3cccc(c23)N1CC=CCn1ccnc1. The van der Waals surface area contributed by atoms with Crippen LogP contribution in [0, 0.1) is 0 Å². The van der Waals surface area contributed by atoms with Crippen molar-refractivity contribution in [3.05, 3.63) is 72.8 Å². The molecule has 0 radical (unpaired) electrons. The van der Waals surface area contributed by atoms with Gasteiger partial charge in [0.25, 0.3) is 0 Å². The molecule has 0 bridgehead atoms. The zero-order chi connectivity index (χ0) is 14.9. The van der Waals surface area contributed by atoms with Crippen molar-refractivity contribution in [2.24, 2.45) is 5.73 Å². The molecule has 1 atom stereocenters. The smallest absolute Gasteiger partial charge is 0.104 e. The first-order chi connectivity index (χ1) is 10.8. The maximum atomic E-state index is 6.44. The molecule has 1 unspecified atom stereocenters. The number of anilines is 1. The Hall–Kier alpha value is -2.59. The second-order valence-electron chi connectivity index (χ2n) is 5.55. The van der Waals surface area contributed by atoms with E-state index in [-0.39, 0.29) is 6.17 Å². The fraction of sp³-hybridized carbons (Fsp3) is 0.167. The third-order valence-electron chi connectivity index (χ3n) is 4.22. The van der Waals surface area contributed by atoms with E-state index >= 15 is 0 Å². The van der Waals surface area contributed by atoms with Gasteiger partial charge in [0.2, 0.25) is 0 Å². The Morgan fingerprint density at radius 2 is 1.91 bits per heavy atom. The van der Waals surface area contributed by atoms with Crippen molar-refractivity contribution in [3.8, 4) is 0 Å². The van der Waals surface area contributed by atoms with Gasteiger partial charge in [-0.15, -0.1) is 0 Å². The molecule has 0 saturated heterocycles. The molecule has 1 aliphatic heterocycles. The molecule has 4 rings (SSSR count). The molecular formula is C18H18N4. The fourth-order valence-electron chi connectivity index (χ4n) is 3.14. The quantitative estimate of drug-likeness (QED) is 0.751. The highest BCUT2D eigenvalue weighted by Crippen LogP contribution is 2.41. The molecule has 0 fully saturated rings. The van der Waals surface area contributed by atoms with E-state index in [9.17, 15) is 0 Å². The predicted molar refractivity (Wildman–Crippen MR) is 89.6 cm³/mol. The average Bonchev–Trinajstić information content (AvgIpc) is 3.15. The van der Waals surface area contributed by atoms with Crippen molar-refractivity contribution < 1.29 is 0 Å². The first kappa shape index (κ1) is 13.1. The van der Waals surface area contributed by atoms with Gasteiger partial charge in [0.15, 0.2) is 0 Å². The molecule has 0 saturated carbocycles. The summed E-state index contributed by atoms with van der Waals surface area (Å²) >= 11 is 0. The van der Waals surface area contributed by atoms with Crippen LogP contribution in [0.1, 0.15) is 11.7 Å². The highest BCUT2D eigenvalue weighted by atomic mass is 15.2. The third-order valence-corrected chi connectivity index (χ3v) is 4.22. The van der Waals surface area contributed by atoms with Crippen molar-refractivity contribution in [3.63, 3.8) is 0 Å². The van der Waals surface area contributed by atoms with Gasteiger partial charge < -0.3 is 15.2 Å². The topological polar surface area (TPSA) is 47.1 Å². The predicted octanol–water partition coefficient (Wildman–Crippen LogP) is 3.07. The summed E-state index contributed by atoms with van der Waals surface area (Å²) in [5, 5.41) is 2.55. The lowest BCUT2D eigenvalue weighted by Crippen LogP contribution is -2.31. The van der Waals surface area contributed by atoms with Gasteiger partial charge in [-0.1, -0.05) is 42.5 Å². The fourth-order valence-corrected chi connectivity index (χ4v) is 3.14. The van der Waals surface area contributed by atoms with E-state index in [0.29, 0.717) is 0 Å². The number of nitrogens with two attached hydrogens (primary N) is 1. The number of benzene rings is 2. The summed E-state index contributed by atoms with van der Waals surface area (Å²) in [5.41, 5.74) is 8.89. The maximum Gasteiger partial charge on any atom is 0.104 e. The molecule has 4 nitrogen and oxygen atoms in total. The van der Waals surface area contributed by atoms with E-state index in [0.717, 1.165) is 13.1 Å². The van der Waals surface area contributed by atoms with Crippen LogP contribution in [0.15, 0.2) is 67.3 Å². The Morgan fingerprint density at radius 1 is 1.09 bits per heavy atom. The van der Waals surface area contributed by atoms with E-state index in [1.807, 2.05) is 17.1 Å². The van der Waals surface area contributed by atoms with Gasteiger partial charge in [-0.2, -0.15) is 0 Å². The van der Waals surface area contributed by atoms with Gasteiger partial charge in [0.05, 0.1) is 6.33 Å². The van der Waals surface area contributed by atoms with Crippen molar-refractivity contribution in [2.75, 3.05) is 11.4 Å². The molecule has 0 spiro atoms. The van der Waals surface area contributed by atoms with E-state index in [2.05, 4.69) is 58.4 Å². The monoisotopic (exact) mass is 290 g/mol. The third kappa shape index (κ3) is 2.09. The Labute approximate surface area is 129 Å². The number of imidazole rings is 1. The van der Waals surface area contributed by atoms with Crippen LogP contribution in [0.5, 0.6) is 0 Å². The van der Waals surface area contributed by atoms with Gasteiger partial charge in [0.1, 0.15) is 6.17 Å². The minimum atomic E-state index is -0.0704. The Kier molecular flexibility index (Phi) is 3.16. The van der Waals surface area contributed by atoms with E-state index in [1.165, 1.54) is 22.0 Å². The number of hydrogen-bond acceptors (Lipinski definition) is 3. The molecule has 22 heavy (non-hydrogen) atoms. The number of aromatic nitrogens is 2. The largest absolute Gasteiger partial charge is 0.348 e. The average molecular weight is 290 g/mol. The second kappa shape index (κ2) is 5.31. The molecule has 2 N–H and O–H groups in total. The van der Waals surface area contributed by atoms with Crippen molar-refractivity contribution in [2.45, 2.75) is 12.7 Å². The molecule has 2 heterocycles. The second-order valence-corrected chi connectivity index (χ2v) is 5.55. The minimum Gasteiger partial charge on any atom is -0.348 e. The van der Waals surface area contributed by atoms with Gasteiger partial charge >= 0.3 is 0 Å². The number of allylic oxidation sites excluding steroid dienone is 1. The zero-order valence-corrected chi connectivity index (χ0v) is 12.3. The van der Waals surface area contributed by atoms with E-state index in [1.54, 1.807) is 6.20 Å². The Morgan fingerprint density at radius 3 is 2.73 bits per heavy atom. The lowest BCUT2D eigenvalue weighted by atomic mass is 10.1. The minimum absolute atomic E-state index is 0.0704. The van der Waals surface area contributed by atoms with Crippen LogP contribution in [0.3, 0.4) is 0 Å². The zero-order valence-electron chi connectivity index (χ0n) is 12.3. The Balaban J connectivity index is 1.56. The summed E-state index contributed by atoms with van der Waals surface area (Å²) < 4.78 is 2.04. The molecular weight excluding hydrogens is 272 g/mol. The molecule has 0 aliphatic carbocycles. The van der Waals surface area contributed by atoms with Crippen molar-refractivity contribution in [1.29, 1.82) is 0 Å². The number of rotatable bonds is 4. The summed E-state index contributed by atoms with van der Waals surface area (Å²) in [6.07, 6.45) is 9.83. The number of hydrogen-bond donors (Lipinski definition) is 1. The normalized spacial score (nSPS) is 17.0. The molecule has 2 aromatic carbocycles. The lowest BCUT2D eigenvalue weighted by Gasteiger charge is -2.23. The van der Waals surface area contributed by atoms with Crippen LogP contribution in [0.25, 0.3) is 10.8 Å². The molecule has 1 aromatic heterocycles. The van der Waals surface area contributed by atoms with Crippen LogP contribution in [0.2, 0.25) is 0 Å². The lowest BCUT2D eigenvalue weighted by molar-refractivity contribution is 0.701. The molecule has 0 amide bonds. The van der Waals surface area contributed by atoms with E-state index < -0.39 is 0 Å². The van der Waals surface area contributed by atoms with Crippen LogP contribution in [0.4, 0.5) is 5.69 Å². The van der Waals surface area contributed by atoms with Crippen molar-refractivity contribution in [1.82, 2.24) is 9.55 Å². The standard InChI is InChI=1S/C18H18N4/c19-18-15-7-3-5-14-6-4-8-16(17(14)15)22(18)11-2-1-10-21-12-9-20-13-21/h1-9,12-13,18H,10-11,19H2. The summed E-state index contributed by atoms with van der Waals surface area (Å²) in [7, 11) is 0.